The van der Waals surface area contributed by atoms with Crippen molar-refractivity contribution in [2.75, 3.05) is 6.61 Å². The van der Waals surface area contributed by atoms with Crippen molar-refractivity contribution in [1.82, 2.24) is 14.5 Å². The number of H-pyrrole nitrogens is 1. The largest absolute Gasteiger partial charge is 0.394 e. The van der Waals surface area contributed by atoms with E-state index in [2.05, 4.69) is 9.97 Å². The van der Waals surface area contributed by atoms with Gasteiger partial charge in [0.25, 0.3) is 5.91 Å². The predicted molar refractivity (Wildman–Crippen MR) is 71.5 cm³/mol. The molecule has 0 aromatic carbocycles. The highest BCUT2D eigenvalue weighted by Gasteiger charge is 2.44. The number of primary amides is 1. The van der Waals surface area contributed by atoms with Crippen molar-refractivity contribution < 1.29 is 24.9 Å². The van der Waals surface area contributed by atoms with Gasteiger partial charge in [0.15, 0.2) is 11.7 Å². The summed E-state index contributed by atoms with van der Waals surface area (Å²) in [4.78, 5) is 18.3. The van der Waals surface area contributed by atoms with Crippen LogP contribution in [0, 0.1) is 5.41 Å². The molecule has 1 saturated heterocycles. The van der Waals surface area contributed by atoms with Gasteiger partial charge in [0, 0.05) is 6.20 Å². The quantitative estimate of drug-likeness (QED) is 0.367. The third-order valence-corrected chi connectivity index (χ3v) is 3.66. The summed E-state index contributed by atoms with van der Waals surface area (Å²) in [5, 5.41) is 37.4. The van der Waals surface area contributed by atoms with E-state index in [1.807, 2.05) is 0 Å². The Morgan fingerprint density at radius 1 is 1.50 bits per heavy atom. The lowest BCUT2D eigenvalue weighted by Crippen LogP contribution is -2.35. The minimum atomic E-state index is -1.40. The van der Waals surface area contributed by atoms with Crippen LogP contribution in [0.25, 0.3) is 11.0 Å². The highest BCUT2D eigenvalue weighted by atomic mass is 16.6. The molecule has 0 bridgehead atoms. The zero-order valence-electron chi connectivity index (χ0n) is 11.3. The van der Waals surface area contributed by atoms with Crippen LogP contribution >= 0.6 is 0 Å². The normalized spacial score (nSPS) is 28.3. The second-order valence-corrected chi connectivity index (χ2v) is 4.99. The number of fused-ring (bicyclic) bond motifs is 1. The Bertz CT molecular complexity index is 784. The fourth-order valence-corrected chi connectivity index (χ4v) is 2.59. The van der Waals surface area contributed by atoms with Crippen LogP contribution in [0.1, 0.15) is 16.8 Å². The van der Waals surface area contributed by atoms with Gasteiger partial charge in [-0.2, -0.15) is 0 Å². The van der Waals surface area contributed by atoms with E-state index in [1.165, 1.54) is 10.8 Å². The van der Waals surface area contributed by atoms with E-state index in [1.54, 1.807) is 6.07 Å². The van der Waals surface area contributed by atoms with Crippen LogP contribution in [-0.4, -0.2) is 60.7 Å². The topological polar surface area (TPSA) is 170 Å². The summed E-state index contributed by atoms with van der Waals surface area (Å²) < 4.78 is 6.61. The maximum atomic E-state index is 11.6. The number of nitrogens with two attached hydrogens (primary N) is 1. The van der Waals surface area contributed by atoms with Crippen LogP contribution in [0.5, 0.6) is 0 Å². The summed E-state index contributed by atoms with van der Waals surface area (Å²) in [6.45, 7) is -0.501. The third kappa shape index (κ3) is 2.01. The second-order valence-electron chi connectivity index (χ2n) is 4.99. The van der Waals surface area contributed by atoms with Crippen molar-refractivity contribution in [2.45, 2.75) is 24.5 Å². The maximum Gasteiger partial charge on any atom is 0.284 e. The molecular weight excluding hydrogens is 294 g/mol. The number of rotatable bonds is 3. The van der Waals surface area contributed by atoms with Gasteiger partial charge in [0.2, 0.25) is 5.82 Å². The lowest BCUT2D eigenvalue weighted by molar-refractivity contribution is -0.0522. The number of nitrogens with one attached hydrogen (secondary N) is 2. The highest BCUT2D eigenvalue weighted by molar-refractivity contribution is 5.91. The molecule has 0 aliphatic carbocycles. The Morgan fingerprint density at radius 2 is 2.23 bits per heavy atom. The van der Waals surface area contributed by atoms with Crippen LogP contribution in [0.3, 0.4) is 0 Å². The monoisotopic (exact) mass is 309 g/mol. The summed E-state index contributed by atoms with van der Waals surface area (Å²) in [7, 11) is 0. The van der Waals surface area contributed by atoms with Crippen LogP contribution < -0.4 is 11.2 Å². The average molecular weight is 309 g/mol. The molecule has 22 heavy (non-hydrogen) atoms. The Morgan fingerprint density at radius 3 is 2.82 bits per heavy atom. The Balaban J connectivity index is 2.24. The first kappa shape index (κ1) is 14.7. The fraction of sp³-hybridized carbons (Fsp3) is 0.417. The molecule has 0 unspecified atom stereocenters. The lowest BCUT2D eigenvalue weighted by Gasteiger charge is -2.21. The van der Waals surface area contributed by atoms with Gasteiger partial charge in [-0.3, -0.25) is 14.8 Å². The van der Waals surface area contributed by atoms with Gasteiger partial charge in [0.1, 0.15) is 24.0 Å². The van der Waals surface area contributed by atoms with E-state index in [-0.39, 0.29) is 11.3 Å². The van der Waals surface area contributed by atoms with Crippen LogP contribution in [-0.2, 0) is 4.74 Å². The fourth-order valence-electron chi connectivity index (χ4n) is 2.59. The number of aliphatic hydroxyl groups is 3. The minimum absolute atomic E-state index is 0.159. The molecule has 4 atom stereocenters. The number of hydrogen-bond acceptors (Lipinski definition) is 7. The molecule has 1 fully saturated rings. The smallest absolute Gasteiger partial charge is 0.284 e. The number of hydrogen-bond donors (Lipinski definition) is 6. The summed E-state index contributed by atoms with van der Waals surface area (Å²) in [6.07, 6.45) is -3.38. The van der Waals surface area contributed by atoms with E-state index in [4.69, 9.17) is 21.0 Å². The number of carbonyl (C=O) groups is 1. The molecule has 0 saturated carbocycles. The van der Waals surface area contributed by atoms with Gasteiger partial charge >= 0.3 is 0 Å². The first-order valence-corrected chi connectivity index (χ1v) is 6.52. The molecule has 1 aliphatic rings. The van der Waals surface area contributed by atoms with E-state index in [0.717, 1.165) is 0 Å². The van der Waals surface area contributed by atoms with E-state index in [0.29, 0.717) is 11.0 Å². The lowest BCUT2D eigenvalue weighted by atomic mass is 10.1. The summed E-state index contributed by atoms with van der Waals surface area (Å²) in [5.74, 6) is -1.21. The second kappa shape index (κ2) is 5.18. The number of amides is 1. The molecule has 0 radical (unpaired) electrons. The molecule has 3 rings (SSSR count). The van der Waals surface area contributed by atoms with Crippen molar-refractivity contribution in [3.05, 3.63) is 23.6 Å². The van der Waals surface area contributed by atoms with Crippen molar-refractivity contribution in [1.29, 1.82) is 5.41 Å². The van der Waals surface area contributed by atoms with Crippen LogP contribution in [0.4, 0.5) is 0 Å². The number of aromatic amines is 1. The summed E-state index contributed by atoms with van der Waals surface area (Å²) >= 11 is 0. The molecule has 3 heterocycles. The number of carbonyl (C=O) groups excluding carboxylic acids is 1. The maximum absolute atomic E-state index is 11.6. The standard InChI is InChI=1S/C12H15N5O5/c13-8-4-1-2-15-10(4)17(11(16-8)9(14)21)12-7(20)6(19)5(3-18)22-12/h1-2,5-7,12-13,15,18-20H,3H2,(H2,14,21)/t5-,6+,7+,12-/m0/s1. The van der Waals surface area contributed by atoms with Gasteiger partial charge in [-0.25, -0.2) is 4.98 Å². The first-order chi connectivity index (χ1) is 10.5. The SMILES string of the molecule is N=c1nc(C(N)=O)n([C@H]2O[C@@H](CO)[C@@H](O)[C@H]2O)c2[nH]ccc12. The van der Waals surface area contributed by atoms with Crippen LogP contribution in [0.15, 0.2) is 12.3 Å². The van der Waals surface area contributed by atoms with Gasteiger partial charge in [0.05, 0.1) is 12.0 Å². The average Bonchev–Trinajstić information content (AvgIpc) is 3.07. The van der Waals surface area contributed by atoms with Crippen molar-refractivity contribution in [3.63, 3.8) is 0 Å². The Kier molecular flexibility index (Phi) is 3.45. The molecule has 10 heteroatoms. The van der Waals surface area contributed by atoms with Gasteiger partial charge in [-0.05, 0) is 6.07 Å². The van der Waals surface area contributed by atoms with E-state index < -0.39 is 37.1 Å². The molecule has 118 valence electrons. The molecule has 2 aromatic heterocycles. The summed E-state index contributed by atoms with van der Waals surface area (Å²) in [5.41, 5.74) is 5.43. The van der Waals surface area contributed by atoms with Crippen molar-refractivity contribution in [3.8, 4) is 0 Å². The van der Waals surface area contributed by atoms with Gasteiger partial charge in [-0.15, -0.1) is 0 Å². The predicted octanol–water partition coefficient (Wildman–Crippen LogP) is -2.45. The molecule has 10 nitrogen and oxygen atoms in total. The highest BCUT2D eigenvalue weighted by Crippen LogP contribution is 2.31. The molecule has 0 spiro atoms. The van der Waals surface area contributed by atoms with E-state index in [9.17, 15) is 15.0 Å². The zero-order valence-corrected chi connectivity index (χ0v) is 11.3. The minimum Gasteiger partial charge on any atom is -0.394 e. The Labute approximate surface area is 123 Å². The molecule has 1 aliphatic heterocycles. The Hall–Kier alpha value is -2.27. The number of aliphatic hydroxyl groups excluding tert-OH is 3. The third-order valence-electron chi connectivity index (χ3n) is 3.66. The molecule has 2 aromatic rings. The number of nitrogens with zero attached hydrogens (tertiary/aromatic N) is 2. The van der Waals surface area contributed by atoms with Crippen molar-refractivity contribution in [2.24, 2.45) is 5.73 Å². The summed E-state index contributed by atoms with van der Waals surface area (Å²) in [6, 6.07) is 1.58. The molecule has 1 amide bonds. The van der Waals surface area contributed by atoms with E-state index >= 15 is 0 Å². The van der Waals surface area contributed by atoms with Gasteiger partial charge < -0.3 is 30.8 Å². The molecular formula is C12H15N5O5. The van der Waals surface area contributed by atoms with Gasteiger partial charge in [-0.1, -0.05) is 0 Å². The zero-order chi connectivity index (χ0) is 16.0. The van der Waals surface area contributed by atoms with Crippen molar-refractivity contribution >= 4 is 16.9 Å². The number of aromatic nitrogens is 3. The first-order valence-electron chi connectivity index (χ1n) is 6.52. The number of ether oxygens (including phenoxy) is 1. The van der Waals surface area contributed by atoms with Crippen LogP contribution in [0.2, 0.25) is 0 Å². The molecule has 7 N–H and O–H groups in total.